The topological polar surface area (TPSA) is 32.5 Å². The van der Waals surface area contributed by atoms with E-state index in [1.54, 1.807) is 0 Å². The van der Waals surface area contributed by atoms with Crippen LogP contribution in [-0.4, -0.2) is 49.2 Å². The molecule has 3 nitrogen and oxygen atoms in total. The lowest BCUT2D eigenvalue weighted by molar-refractivity contribution is 0.201. The Morgan fingerprint density at radius 2 is 2.00 bits per heavy atom. The third-order valence-electron chi connectivity index (χ3n) is 2.64. The molecule has 1 heterocycles. The van der Waals surface area contributed by atoms with E-state index in [9.17, 15) is 0 Å². The standard InChI is InChI=1S/C9H21N3/c1-3-9(10)12-6-4-5-11(2)7-8-12/h9H,3-8,10H2,1-2H3. The summed E-state index contributed by atoms with van der Waals surface area (Å²) < 4.78 is 0. The third kappa shape index (κ3) is 2.73. The van der Waals surface area contributed by atoms with Gasteiger partial charge in [0, 0.05) is 19.6 Å². The molecule has 72 valence electrons. The number of rotatable bonds is 2. The lowest BCUT2D eigenvalue weighted by Crippen LogP contribution is -2.43. The van der Waals surface area contributed by atoms with Gasteiger partial charge in [0.05, 0.1) is 6.17 Å². The van der Waals surface area contributed by atoms with Crippen LogP contribution in [0.4, 0.5) is 0 Å². The molecule has 1 saturated heterocycles. The molecule has 2 N–H and O–H groups in total. The Bertz CT molecular complexity index is 127. The summed E-state index contributed by atoms with van der Waals surface area (Å²) in [5.74, 6) is 0. The Balaban J connectivity index is 2.35. The van der Waals surface area contributed by atoms with Crippen LogP contribution in [0.25, 0.3) is 0 Å². The fourth-order valence-electron chi connectivity index (χ4n) is 1.66. The molecular weight excluding hydrogens is 150 g/mol. The van der Waals surface area contributed by atoms with Crippen molar-refractivity contribution in [3.8, 4) is 0 Å². The van der Waals surface area contributed by atoms with E-state index in [0.29, 0.717) is 0 Å². The summed E-state index contributed by atoms with van der Waals surface area (Å²) in [6.07, 6.45) is 2.59. The van der Waals surface area contributed by atoms with Crippen molar-refractivity contribution >= 4 is 0 Å². The molecule has 3 heteroatoms. The quantitative estimate of drug-likeness (QED) is 0.649. The zero-order valence-corrected chi connectivity index (χ0v) is 8.29. The second-order valence-electron chi connectivity index (χ2n) is 3.67. The first-order chi connectivity index (χ1) is 5.74. The molecule has 0 aromatic rings. The largest absolute Gasteiger partial charge is 0.316 e. The van der Waals surface area contributed by atoms with Gasteiger partial charge in [0.25, 0.3) is 0 Å². The number of hydrogen-bond acceptors (Lipinski definition) is 3. The average Bonchev–Trinajstić information content (AvgIpc) is 2.29. The van der Waals surface area contributed by atoms with Gasteiger partial charge in [-0.25, -0.2) is 0 Å². The van der Waals surface area contributed by atoms with Crippen molar-refractivity contribution in [1.29, 1.82) is 0 Å². The zero-order valence-electron chi connectivity index (χ0n) is 8.29. The summed E-state index contributed by atoms with van der Waals surface area (Å²) in [4.78, 5) is 4.77. The van der Waals surface area contributed by atoms with E-state index in [1.165, 1.54) is 19.5 Å². The lowest BCUT2D eigenvalue weighted by Gasteiger charge is -2.26. The van der Waals surface area contributed by atoms with E-state index in [0.717, 1.165) is 19.5 Å². The second kappa shape index (κ2) is 4.80. The first kappa shape index (κ1) is 9.96. The number of nitrogens with zero attached hydrogens (tertiary/aromatic N) is 2. The smallest absolute Gasteiger partial charge is 0.0569 e. The summed E-state index contributed by atoms with van der Waals surface area (Å²) >= 11 is 0. The van der Waals surface area contributed by atoms with Crippen molar-refractivity contribution in [2.45, 2.75) is 25.9 Å². The number of likely N-dealkylation sites (N-methyl/N-ethyl adjacent to an activating group) is 1. The van der Waals surface area contributed by atoms with E-state index >= 15 is 0 Å². The second-order valence-corrected chi connectivity index (χ2v) is 3.67. The van der Waals surface area contributed by atoms with Gasteiger partial charge < -0.3 is 10.6 Å². The van der Waals surface area contributed by atoms with E-state index < -0.39 is 0 Å². The minimum Gasteiger partial charge on any atom is -0.316 e. The van der Waals surface area contributed by atoms with Crippen molar-refractivity contribution in [1.82, 2.24) is 9.80 Å². The molecule has 1 unspecified atom stereocenters. The first-order valence-electron chi connectivity index (χ1n) is 4.92. The Labute approximate surface area is 75.5 Å². The fourth-order valence-corrected chi connectivity index (χ4v) is 1.66. The fraction of sp³-hybridized carbons (Fsp3) is 1.00. The Hall–Kier alpha value is -0.120. The van der Waals surface area contributed by atoms with Crippen LogP contribution in [0.2, 0.25) is 0 Å². The van der Waals surface area contributed by atoms with Gasteiger partial charge in [-0.1, -0.05) is 6.92 Å². The Morgan fingerprint density at radius 1 is 1.25 bits per heavy atom. The van der Waals surface area contributed by atoms with Crippen molar-refractivity contribution in [2.75, 3.05) is 33.2 Å². The van der Waals surface area contributed by atoms with Crippen LogP contribution in [0.3, 0.4) is 0 Å². The van der Waals surface area contributed by atoms with Gasteiger partial charge >= 0.3 is 0 Å². The first-order valence-corrected chi connectivity index (χ1v) is 4.92. The van der Waals surface area contributed by atoms with Crippen LogP contribution in [0.15, 0.2) is 0 Å². The third-order valence-corrected chi connectivity index (χ3v) is 2.64. The molecule has 1 fully saturated rings. The molecule has 0 aromatic carbocycles. The summed E-state index contributed by atoms with van der Waals surface area (Å²) in [7, 11) is 2.18. The van der Waals surface area contributed by atoms with Gasteiger partial charge in [-0.3, -0.25) is 4.90 Å². The van der Waals surface area contributed by atoms with Gasteiger partial charge in [0.1, 0.15) is 0 Å². The monoisotopic (exact) mass is 171 g/mol. The number of nitrogens with two attached hydrogens (primary N) is 1. The summed E-state index contributed by atoms with van der Waals surface area (Å²) in [5.41, 5.74) is 5.97. The highest BCUT2D eigenvalue weighted by Gasteiger charge is 2.15. The molecule has 0 radical (unpaired) electrons. The molecule has 1 atom stereocenters. The molecule has 0 aromatic heterocycles. The van der Waals surface area contributed by atoms with Crippen molar-refractivity contribution in [3.05, 3.63) is 0 Å². The summed E-state index contributed by atoms with van der Waals surface area (Å²) in [6.45, 7) is 6.82. The molecule has 12 heavy (non-hydrogen) atoms. The van der Waals surface area contributed by atoms with Crippen LogP contribution in [-0.2, 0) is 0 Å². The minimum absolute atomic E-state index is 0.275. The van der Waals surface area contributed by atoms with Crippen LogP contribution >= 0.6 is 0 Å². The number of hydrogen-bond donors (Lipinski definition) is 1. The zero-order chi connectivity index (χ0) is 8.97. The highest BCUT2D eigenvalue weighted by atomic mass is 15.3. The Kier molecular flexibility index (Phi) is 3.98. The molecule has 1 aliphatic rings. The van der Waals surface area contributed by atoms with Gasteiger partial charge in [-0.05, 0) is 26.4 Å². The maximum atomic E-state index is 5.97. The molecular formula is C9H21N3. The van der Waals surface area contributed by atoms with Gasteiger partial charge in [0.15, 0.2) is 0 Å². The molecule has 0 amide bonds. The minimum atomic E-state index is 0.275. The maximum absolute atomic E-state index is 5.97. The molecule has 0 spiro atoms. The van der Waals surface area contributed by atoms with E-state index in [-0.39, 0.29) is 6.17 Å². The lowest BCUT2D eigenvalue weighted by atomic mass is 10.3. The molecule has 0 bridgehead atoms. The van der Waals surface area contributed by atoms with Gasteiger partial charge in [0.2, 0.25) is 0 Å². The summed E-state index contributed by atoms with van der Waals surface area (Å²) in [5, 5.41) is 0. The average molecular weight is 171 g/mol. The maximum Gasteiger partial charge on any atom is 0.0569 e. The van der Waals surface area contributed by atoms with Crippen molar-refractivity contribution in [2.24, 2.45) is 5.73 Å². The van der Waals surface area contributed by atoms with Crippen LogP contribution < -0.4 is 5.73 Å². The van der Waals surface area contributed by atoms with Crippen LogP contribution in [0.5, 0.6) is 0 Å². The Morgan fingerprint density at radius 3 is 2.67 bits per heavy atom. The van der Waals surface area contributed by atoms with Gasteiger partial charge in [-0.2, -0.15) is 0 Å². The van der Waals surface area contributed by atoms with E-state index in [2.05, 4.69) is 23.8 Å². The molecule has 0 aliphatic carbocycles. The highest BCUT2D eigenvalue weighted by Crippen LogP contribution is 2.04. The predicted octanol–water partition coefficient (Wildman–Crippen LogP) is 0.319. The van der Waals surface area contributed by atoms with Crippen LogP contribution in [0, 0.1) is 0 Å². The van der Waals surface area contributed by atoms with Crippen LogP contribution in [0.1, 0.15) is 19.8 Å². The SMILES string of the molecule is CCC(N)N1CCCN(C)CC1. The summed E-state index contributed by atoms with van der Waals surface area (Å²) in [6, 6.07) is 0. The van der Waals surface area contributed by atoms with E-state index in [4.69, 9.17) is 5.73 Å². The normalized spacial score (nSPS) is 25.2. The predicted molar refractivity (Wildman–Crippen MR) is 52.0 cm³/mol. The van der Waals surface area contributed by atoms with Crippen molar-refractivity contribution in [3.63, 3.8) is 0 Å². The molecule has 1 aliphatic heterocycles. The highest BCUT2D eigenvalue weighted by molar-refractivity contribution is 4.70. The van der Waals surface area contributed by atoms with Gasteiger partial charge in [-0.15, -0.1) is 0 Å². The molecule has 0 saturated carbocycles. The van der Waals surface area contributed by atoms with E-state index in [1.807, 2.05) is 0 Å². The van der Waals surface area contributed by atoms with Crippen molar-refractivity contribution < 1.29 is 0 Å². The molecule has 1 rings (SSSR count).